The molecule has 4 nitrogen and oxygen atoms in total. The first-order chi connectivity index (χ1) is 12.5. The zero-order chi connectivity index (χ0) is 18.7. The second-order valence-corrected chi connectivity index (χ2v) is 6.44. The number of halogens is 2. The predicted octanol–water partition coefficient (Wildman–Crippen LogP) is 4.19. The van der Waals surface area contributed by atoms with E-state index in [1.165, 1.54) is 18.2 Å². The van der Waals surface area contributed by atoms with Gasteiger partial charge in [-0.15, -0.1) is 0 Å². The van der Waals surface area contributed by atoms with Gasteiger partial charge in [0.15, 0.2) is 0 Å². The Labute approximate surface area is 152 Å². The van der Waals surface area contributed by atoms with Crippen molar-refractivity contribution in [2.75, 3.05) is 36.4 Å². The molecule has 1 heterocycles. The predicted molar refractivity (Wildman–Crippen MR) is 99.7 cm³/mol. The Morgan fingerprint density at radius 3 is 2.27 bits per heavy atom. The molecular formula is C20H23F2N3O. The number of nitrogens with zero attached hydrogens (tertiary/aromatic N) is 2. The average Bonchev–Trinajstić information content (AvgIpc) is 2.63. The van der Waals surface area contributed by atoms with Gasteiger partial charge in [0.25, 0.3) is 0 Å². The summed E-state index contributed by atoms with van der Waals surface area (Å²) in [5.74, 6) is -1.15. The van der Waals surface area contributed by atoms with Crippen LogP contribution in [-0.4, -0.2) is 37.1 Å². The number of nitrogens with one attached hydrogen (secondary N) is 1. The van der Waals surface area contributed by atoms with Gasteiger partial charge in [-0.25, -0.2) is 13.6 Å². The fraction of sp³-hybridized carbons (Fsp3) is 0.350. The van der Waals surface area contributed by atoms with E-state index in [-0.39, 0.29) is 11.7 Å². The van der Waals surface area contributed by atoms with Crippen LogP contribution in [0, 0.1) is 18.6 Å². The summed E-state index contributed by atoms with van der Waals surface area (Å²) >= 11 is 0. The number of piperazine rings is 1. The van der Waals surface area contributed by atoms with Crippen molar-refractivity contribution in [1.29, 1.82) is 0 Å². The van der Waals surface area contributed by atoms with Crippen LogP contribution >= 0.6 is 0 Å². The fourth-order valence-corrected chi connectivity index (χ4v) is 3.31. The van der Waals surface area contributed by atoms with E-state index in [0.717, 1.165) is 23.2 Å². The van der Waals surface area contributed by atoms with Crippen LogP contribution in [0.2, 0.25) is 0 Å². The van der Waals surface area contributed by atoms with E-state index in [2.05, 4.69) is 5.32 Å². The molecule has 1 N–H and O–H groups in total. The molecule has 0 radical (unpaired) electrons. The van der Waals surface area contributed by atoms with E-state index < -0.39 is 11.6 Å². The molecule has 1 aliphatic heterocycles. The molecule has 138 valence electrons. The maximum atomic E-state index is 13.9. The van der Waals surface area contributed by atoms with Crippen LogP contribution in [0.25, 0.3) is 0 Å². The van der Waals surface area contributed by atoms with Gasteiger partial charge in [0.2, 0.25) is 0 Å². The zero-order valence-electron chi connectivity index (χ0n) is 15.1. The number of para-hydroxylation sites is 2. The number of rotatable bonds is 3. The molecule has 3 rings (SSSR count). The van der Waals surface area contributed by atoms with E-state index in [4.69, 9.17) is 0 Å². The lowest BCUT2D eigenvalue weighted by Crippen LogP contribution is -2.50. The van der Waals surface area contributed by atoms with Crippen molar-refractivity contribution in [3.05, 3.63) is 59.2 Å². The molecule has 2 aromatic rings. The van der Waals surface area contributed by atoms with E-state index in [1.807, 2.05) is 32.0 Å². The van der Waals surface area contributed by atoms with Gasteiger partial charge in [-0.2, -0.15) is 0 Å². The van der Waals surface area contributed by atoms with Crippen molar-refractivity contribution in [2.45, 2.75) is 20.3 Å². The molecule has 0 bridgehead atoms. The zero-order valence-corrected chi connectivity index (χ0v) is 15.1. The molecule has 0 aromatic heterocycles. The SMILES string of the molecule is CCc1cccc(C)c1NC(=O)N1CCN(c2c(F)cccc2F)CC1. The maximum Gasteiger partial charge on any atom is 0.321 e. The van der Waals surface area contributed by atoms with Crippen LogP contribution in [-0.2, 0) is 6.42 Å². The number of anilines is 2. The fourth-order valence-electron chi connectivity index (χ4n) is 3.31. The molecule has 2 amide bonds. The highest BCUT2D eigenvalue weighted by atomic mass is 19.1. The summed E-state index contributed by atoms with van der Waals surface area (Å²) in [6.07, 6.45) is 0.831. The highest BCUT2D eigenvalue weighted by molar-refractivity contribution is 5.91. The molecule has 1 fully saturated rings. The highest BCUT2D eigenvalue weighted by Crippen LogP contribution is 2.25. The lowest BCUT2D eigenvalue weighted by molar-refractivity contribution is 0.208. The quantitative estimate of drug-likeness (QED) is 0.892. The van der Waals surface area contributed by atoms with E-state index in [9.17, 15) is 13.6 Å². The molecule has 0 unspecified atom stereocenters. The van der Waals surface area contributed by atoms with Crippen molar-refractivity contribution in [3.63, 3.8) is 0 Å². The standard InChI is InChI=1S/C20H23F2N3O/c1-3-15-7-4-6-14(2)18(15)23-20(26)25-12-10-24(11-13-25)19-16(21)8-5-9-17(19)22/h4-9H,3,10-13H2,1-2H3,(H,23,26). The third-order valence-electron chi connectivity index (χ3n) is 4.79. The summed E-state index contributed by atoms with van der Waals surface area (Å²) in [7, 11) is 0. The van der Waals surface area contributed by atoms with Crippen molar-refractivity contribution in [1.82, 2.24) is 4.90 Å². The van der Waals surface area contributed by atoms with Gasteiger partial charge >= 0.3 is 6.03 Å². The first-order valence-electron chi connectivity index (χ1n) is 8.84. The van der Waals surface area contributed by atoms with E-state index in [1.54, 1.807) is 9.80 Å². The van der Waals surface area contributed by atoms with Crippen molar-refractivity contribution in [3.8, 4) is 0 Å². The maximum absolute atomic E-state index is 13.9. The van der Waals surface area contributed by atoms with Crippen LogP contribution in [0.3, 0.4) is 0 Å². The topological polar surface area (TPSA) is 35.6 Å². The summed E-state index contributed by atoms with van der Waals surface area (Å²) in [6, 6.07) is 9.62. The molecular weight excluding hydrogens is 336 g/mol. The van der Waals surface area contributed by atoms with Crippen molar-refractivity contribution < 1.29 is 13.6 Å². The Morgan fingerprint density at radius 2 is 1.65 bits per heavy atom. The Balaban J connectivity index is 1.66. The molecule has 6 heteroatoms. The van der Waals surface area contributed by atoms with Crippen molar-refractivity contribution in [2.24, 2.45) is 0 Å². The number of aryl methyl sites for hydroxylation is 2. The molecule has 1 aliphatic rings. The molecule has 26 heavy (non-hydrogen) atoms. The smallest absolute Gasteiger partial charge is 0.321 e. The number of amides is 2. The van der Waals surface area contributed by atoms with Crippen LogP contribution in [0.4, 0.5) is 25.0 Å². The number of carbonyl (C=O) groups is 1. The number of hydrogen-bond acceptors (Lipinski definition) is 2. The minimum absolute atomic E-state index is 0.0141. The first kappa shape index (κ1) is 18.2. The van der Waals surface area contributed by atoms with Gasteiger partial charge in [0.05, 0.1) is 0 Å². The normalized spacial score (nSPS) is 14.5. The van der Waals surface area contributed by atoms with Crippen LogP contribution in [0.5, 0.6) is 0 Å². The van der Waals surface area contributed by atoms with E-state index in [0.29, 0.717) is 26.2 Å². The third-order valence-corrected chi connectivity index (χ3v) is 4.79. The minimum Gasteiger partial charge on any atom is -0.363 e. The third kappa shape index (κ3) is 3.64. The van der Waals surface area contributed by atoms with Gasteiger partial charge in [-0.1, -0.05) is 31.2 Å². The Morgan fingerprint density at radius 1 is 1.04 bits per heavy atom. The second kappa shape index (κ2) is 7.72. The monoisotopic (exact) mass is 359 g/mol. The first-order valence-corrected chi connectivity index (χ1v) is 8.84. The molecule has 2 aromatic carbocycles. The van der Waals surface area contributed by atoms with Crippen LogP contribution in [0.1, 0.15) is 18.1 Å². The van der Waals surface area contributed by atoms with Crippen LogP contribution in [0.15, 0.2) is 36.4 Å². The molecule has 0 spiro atoms. The number of benzene rings is 2. The number of urea groups is 1. The molecule has 0 aliphatic carbocycles. The minimum atomic E-state index is -0.574. The Bertz CT molecular complexity index is 781. The van der Waals surface area contributed by atoms with Gasteiger partial charge < -0.3 is 15.1 Å². The average molecular weight is 359 g/mol. The Hall–Kier alpha value is -2.63. The number of hydrogen-bond donors (Lipinski definition) is 1. The van der Waals surface area contributed by atoms with Gasteiger partial charge in [0, 0.05) is 31.9 Å². The molecule has 1 saturated heterocycles. The lowest BCUT2D eigenvalue weighted by Gasteiger charge is -2.36. The largest absolute Gasteiger partial charge is 0.363 e. The number of carbonyl (C=O) groups excluding carboxylic acids is 1. The van der Waals surface area contributed by atoms with Crippen molar-refractivity contribution >= 4 is 17.4 Å². The van der Waals surface area contributed by atoms with Gasteiger partial charge in [-0.05, 0) is 36.6 Å². The summed E-state index contributed by atoms with van der Waals surface area (Å²) in [6.45, 7) is 5.61. The molecule has 0 saturated carbocycles. The van der Waals surface area contributed by atoms with Gasteiger partial charge in [-0.3, -0.25) is 0 Å². The Kier molecular flexibility index (Phi) is 5.40. The van der Waals surface area contributed by atoms with E-state index >= 15 is 0 Å². The van der Waals surface area contributed by atoms with Crippen LogP contribution < -0.4 is 10.2 Å². The summed E-state index contributed by atoms with van der Waals surface area (Å²) in [4.78, 5) is 15.9. The summed E-state index contributed by atoms with van der Waals surface area (Å²) in [5.41, 5.74) is 2.94. The summed E-state index contributed by atoms with van der Waals surface area (Å²) in [5, 5.41) is 3.00. The second-order valence-electron chi connectivity index (χ2n) is 6.44. The highest BCUT2D eigenvalue weighted by Gasteiger charge is 2.25. The van der Waals surface area contributed by atoms with Gasteiger partial charge in [0.1, 0.15) is 17.3 Å². The lowest BCUT2D eigenvalue weighted by atomic mass is 10.1. The summed E-state index contributed by atoms with van der Waals surface area (Å²) < 4.78 is 27.9. The molecule has 0 atom stereocenters.